The van der Waals surface area contributed by atoms with Crippen LogP contribution in [0.25, 0.3) is 22.2 Å². The third-order valence-electron chi connectivity index (χ3n) is 5.40. The number of carbonyl (C=O) groups excluding carboxylic acids is 1. The van der Waals surface area contributed by atoms with Gasteiger partial charge in [0.25, 0.3) is 5.91 Å². The second kappa shape index (κ2) is 9.32. The first kappa shape index (κ1) is 21.6. The minimum atomic E-state index is -0.314. The Balaban J connectivity index is 1.47. The van der Waals surface area contributed by atoms with E-state index in [2.05, 4.69) is 10.4 Å². The van der Waals surface area contributed by atoms with Crippen molar-refractivity contribution in [3.05, 3.63) is 82.0 Å². The van der Waals surface area contributed by atoms with E-state index in [1.54, 1.807) is 24.7 Å². The lowest BCUT2D eigenvalue weighted by Gasteiger charge is -2.06. The quantitative estimate of drug-likeness (QED) is 0.348. The van der Waals surface area contributed by atoms with Crippen LogP contribution in [0.5, 0.6) is 5.75 Å². The molecule has 0 aliphatic rings. The maximum atomic E-state index is 13.2. The molecule has 9 heteroatoms. The number of aromatic nitrogens is 3. The van der Waals surface area contributed by atoms with E-state index in [1.807, 2.05) is 66.0 Å². The molecule has 1 amide bonds. The van der Waals surface area contributed by atoms with Gasteiger partial charge >= 0.3 is 0 Å². The standard InChI is InChI=1S/C25H22N6O2S/c1-33-17-10-8-16(9-11-17)12-13-27-25(32)21-22-24(30-20-7-3-2-6-19(20)29-22)31(23(21)26)28-15-18-5-4-14-34-18/h2-11,14-15H,12-13,26H2,1H3,(H,27,32)/b28-15-. The van der Waals surface area contributed by atoms with Crippen LogP contribution in [0.3, 0.4) is 0 Å². The second-order valence-electron chi connectivity index (χ2n) is 7.57. The van der Waals surface area contributed by atoms with Crippen molar-refractivity contribution in [1.29, 1.82) is 0 Å². The van der Waals surface area contributed by atoms with Crippen molar-refractivity contribution in [2.75, 3.05) is 19.4 Å². The Morgan fingerprint density at radius 1 is 1.12 bits per heavy atom. The predicted molar refractivity (Wildman–Crippen MR) is 136 cm³/mol. The Morgan fingerprint density at radius 2 is 1.88 bits per heavy atom. The first-order valence-corrected chi connectivity index (χ1v) is 11.6. The van der Waals surface area contributed by atoms with Crippen LogP contribution in [0.2, 0.25) is 0 Å². The smallest absolute Gasteiger partial charge is 0.257 e. The van der Waals surface area contributed by atoms with Crippen LogP contribution in [0.1, 0.15) is 20.8 Å². The number of ether oxygens (including phenoxy) is 1. The van der Waals surface area contributed by atoms with Crippen LogP contribution in [-0.2, 0) is 6.42 Å². The molecule has 2 aromatic carbocycles. The van der Waals surface area contributed by atoms with Crippen molar-refractivity contribution in [3.63, 3.8) is 0 Å². The largest absolute Gasteiger partial charge is 0.497 e. The molecule has 0 bridgehead atoms. The van der Waals surface area contributed by atoms with Crippen LogP contribution < -0.4 is 15.8 Å². The number of nitrogens with two attached hydrogens (primary N) is 1. The summed E-state index contributed by atoms with van der Waals surface area (Å²) in [5, 5.41) is 9.44. The summed E-state index contributed by atoms with van der Waals surface area (Å²) in [5.74, 6) is 0.674. The Kier molecular flexibility index (Phi) is 5.92. The number of anilines is 1. The van der Waals surface area contributed by atoms with Gasteiger partial charge in [-0.2, -0.15) is 9.78 Å². The molecule has 0 atom stereocenters. The molecule has 0 aliphatic heterocycles. The van der Waals surface area contributed by atoms with Crippen molar-refractivity contribution >= 4 is 51.5 Å². The molecule has 0 radical (unpaired) electrons. The summed E-state index contributed by atoms with van der Waals surface area (Å²) in [6, 6.07) is 19.1. The molecular formula is C25H22N6O2S. The molecule has 0 saturated carbocycles. The van der Waals surface area contributed by atoms with Gasteiger partial charge in [-0.15, -0.1) is 11.3 Å². The lowest BCUT2D eigenvalue weighted by molar-refractivity contribution is 0.0956. The van der Waals surface area contributed by atoms with E-state index in [-0.39, 0.29) is 17.3 Å². The van der Waals surface area contributed by atoms with Gasteiger partial charge in [0.2, 0.25) is 0 Å². The van der Waals surface area contributed by atoms with E-state index in [1.165, 1.54) is 4.68 Å². The molecule has 0 spiro atoms. The molecule has 8 nitrogen and oxygen atoms in total. The van der Waals surface area contributed by atoms with Gasteiger partial charge in [-0.3, -0.25) is 4.79 Å². The molecule has 0 saturated heterocycles. The number of nitrogens with zero attached hydrogens (tertiary/aromatic N) is 4. The molecular weight excluding hydrogens is 448 g/mol. The monoisotopic (exact) mass is 470 g/mol. The average molecular weight is 471 g/mol. The van der Waals surface area contributed by atoms with Gasteiger partial charge in [0.15, 0.2) is 5.65 Å². The van der Waals surface area contributed by atoms with Crippen LogP contribution in [0.15, 0.2) is 71.1 Å². The van der Waals surface area contributed by atoms with Crippen LogP contribution >= 0.6 is 11.3 Å². The number of nitrogens with one attached hydrogen (secondary N) is 1. The van der Waals surface area contributed by atoms with Gasteiger partial charge in [-0.25, -0.2) is 9.97 Å². The number of thiophene rings is 1. The van der Waals surface area contributed by atoms with Gasteiger partial charge in [-0.1, -0.05) is 30.3 Å². The highest BCUT2D eigenvalue weighted by Crippen LogP contribution is 2.28. The number of carbonyl (C=O) groups is 1. The van der Waals surface area contributed by atoms with Crippen LogP contribution in [0.4, 0.5) is 5.82 Å². The maximum absolute atomic E-state index is 13.2. The molecule has 3 N–H and O–H groups in total. The molecule has 0 aliphatic carbocycles. The molecule has 170 valence electrons. The maximum Gasteiger partial charge on any atom is 0.257 e. The number of hydrogen-bond donors (Lipinski definition) is 2. The van der Waals surface area contributed by atoms with Crippen molar-refractivity contribution < 1.29 is 9.53 Å². The van der Waals surface area contributed by atoms with Crippen LogP contribution in [-0.4, -0.2) is 40.4 Å². The Labute approximate surface area is 199 Å². The Bertz CT molecular complexity index is 1490. The summed E-state index contributed by atoms with van der Waals surface area (Å²) >= 11 is 1.55. The topological polar surface area (TPSA) is 107 Å². The number of hydrogen-bond acceptors (Lipinski definition) is 7. The van der Waals surface area contributed by atoms with Crippen molar-refractivity contribution in [2.24, 2.45) is 5.10 Å². The summed E-state index contributed by atoms with van der Waals surface area (Å²) in [7, 11) is 1.63. The third kappa shape index (κ3) is 4.20. The van der Waals surface area contributed by atoms with Gasteiger partial charge < -0.3 is 15.8 Å². The molecule has 5 rings (SSSR count). The summed E-state index contributed by atoms with van der Waals surface area (Å²) < 4.78 is 6.67. The van der Waals surface area contributed by atoms with Gasteiger partial charge in [0.1, 0.15) is 22.6 Å². The number of para-hydroxylation sites is 2. The lowest BCUT2D eigenvalue weighted by atomic mass is 10.1. The third-order valence-corrected chi connectivity index (χ3v) is 6.21. The lowest BCUT2D eigenvalue weighted by Crippen LogP contribution is -2.26. The normalized spacial score (nSPS) is 11.4. The first-order valence-electron chi connectivity index (χ1n) is 10.7. The predicted octanol–water partition coefficient (Wildman–Crippen LogP) is 4.09. The zero-order chi connectivity index (χ0) is 23.5. The van der Waals surface area contributed by atoms with Crippen LogP contribution in [0, 0.1) is 0 Å². The summed E-state index contributed by atoms with van der Waals surface area (Å²) in [4.78, 5) is 23.6. The molecule has 34 heavy (non-hydrogen) atoms. The molecule has 0 unspecified atom stereocenters. The number of rotatable bonds is 7. The van der Waals surface area contributed by atoms with Crippen molar-refractivity contribution in [3.8, 4) is 5.75 Å². The van der Waals surface area contributed by atoms with E-state index in [9.17, 15) is 4.79 Å². The summed E-state index contributed by atoms with van der Waals surface area (Å²) in [5.41, 5.74) is 10.0. The number of fused-ring (bicyclic) bond motifs is 2. The fraction of sp³-hybridized carbons (Fsp3) is 0.120. The van der Waals surface area contributed by atoms with E-state index >= 15 is 0 Å². The second-order valence-corrected chi connectivity index (χ2v) is 8.55. The zero-order valence-electron chi connectivity index (χ0n) is 18.4. The van der Waals surface area contributed by atoms with Gasteiger partial charge in [0, 0.05) is 11.4 Å². The minimum Gasteiger partial charge on any atom is -0.497 e. The van der Waals surface area contributed by atoms with E-state index in [4.69, 9.17) is 20.4 Å². The Morgan fingerprint density at radius 3 is 2.59 bits per heavy atom. The highest BCUT2D eigenvalue weighted by atomic mass is 32.1. The van der Waals surface area contributed by atoms with E-state index in [0.29, 0.717) is 35.2 Å². The zero-order valence-corrected chi connectivity index (χ0v) is 19.2. The summed E-state index contributed by atoms with van der Waals surface area (Å²) in [6.45, 7) is 0.441. The number of amides is 1. The summed E-state index contributed by atoms with van der Waals surface area (Å²) in [6.07, 6.45) is 2.36. The molecule has 3 aromatic heterocycles. The van der Waals surface area contributed by atoms with E-state index in [0.717, 1.165) is 16.2 Å². The fourth-order valence-electron chi connectivity index (χ4n) is 3.67. The molecule has 0 fully saturated rings. The van der Waals surface area contributed by atoms with Crippen molar-refractivity contribution in [2.45, 2.75) is 6.42 Å². The van der Waals surface area contributed by atoms with Gasteiger partial charge in [0.05, 0.1) is 24.4 Å². The highest BCUT2D eigenvalue weighted by Gasteiger charge is 2.24. The number of nitrogen functional groups attached to an aromatic ring is 1. The number of methoxy groups -OCH3 is 1. The highest BCUT2D eigenvalue weighted by molar-refractivity contribution is 7.11. The molecule has 3 heterocycles. The molecule has 5 aromatic rings. The fourth-order valence-corrected chi connectivity index (χ4v) is 4.25. The van der Waals surface area contributed by atoms with E-state index < -0.39 is 0 Å². The van der Waals surface area contributed by atoms with Gasteiger partial charge in [-0.05, 0) is 47.7 Å². The SMILES string of the molecule is COc1ccc(CCNC(=O)c2c(N)n(/N=C\c3cccs3)c3nc4ccccc4nc23)cc1. The van der Waals surface area contributed by atoms with Crippen molar-refractivity contribution in [1.82, 2.24) is 20.0 Å². The average Bonchev–Trinajstić information content (AvgIpc) is 3.47. The first-order chi connectivity index (χ1) is 16.6. The Hall–Kier alpha value is -4.24. The minimum absolute atomic E-state index is 0.194. The number of benzene rings is 2.